The molecule has 2 nitrogen and oxygen atoms in total. The molecular weight excluding hydrogens is 297 g/mol. The van der Waals surface area contributed by atoms with E-state index in [1.165, 1.54) is 12.1 Å². The van der Waals surface area contributed by atoms with Crippen LogP contribution in [0.4, 0.5) is 4.39 Å². The minimum absolute atomic E-state index is 0.0446. The zero-order valence-corrected chi connectivity index (χ0v) is 12.8. The van der Waals surface area contributed by atoms with Crippen LogP contribution >= 0.6 is 15.9 Å². The molecule has 0 aliphatic rings. The van der Waals surface area contributed by atoms with Crippen LogP contribution in [0.1, 0.15) is 27.2 Å². The van der Waals surface area contributed by atoms with Crippen molar-refractivity contribution < 1.29 is 9.13 Å². The molecule has 4 heteroatoms. The zero-order chi connectivity index (χ0) is 13.6. The SMILES string of the molecule is CCCNCC(C)(C)COc1ccc(F)cc1Br. The van der Waals surface area contributed by atoms with Gasteiger partial charge in [-0.1, -0.05) is 20.8 Å². The average Bonchev–Trinajstić information content (AvgIpc) is 2.28. The molecule has 0 aliphatic carbocycles. The minimum atomic E-state index is -0.266. The number of benzene rings is 1. The molecule has 0 atom stereocenters. The third-order valence-electron chi connectivity index (χ3n) is 2.54. The molecule has 1 aromatic rings. The van der Waals surface area contributed by atoms with E-state index in [0.717, 1.165) is 19.5 Å². The first kappa shape index (κ1) is 15.4. The van der Waals surface area contributed by atoms with Gasteiger partial charge in [-0.15, -0.1) is 0 Å². The monoisotopic (exact) mass is 317 g/mol. The molecule has 1 rings (SSSR count). The van der Waals surface area contributed by atoms with Crippen LogP contribution in [0, 0.1) is 11.2 Å². The van der Waals surface area contributed by atoms with E-state index in [9.17, 15) is 4.39 Å². The summed E-state index contributed by atoms with van der Waals surface area (Å²) in [5.41, 5.74) is 0.0446. The van der Waals surface area contributed by atoms with E-state index < -0.39 is 0 Å². The van der Waals surface area contributed by atoms with Crippen molar-refractivity contribution in [2.75, 3.05) is 19.7 Å². The molecule has 18 heavy (non-hydrogen) atoms. The molecule has 102 valence electrons. The van der Waals surface area contributed by atoms with Gasteiger partial charge in [0.2, 0.25) is 0 Å². The molecule has 0 heterocycles. The summed E-state index contributed by atoms with van der Waals surface area (Å²) in [6.07, 6.45) is 1.13. The quantitative estimate of drug-likeness (QED) is 0.768. The van der Waals surface area contributed by atoms with E-state index in [0.29, 0.717) is 16.8 Å². The lowest BCUT2D eigenvalue weighted by Gasteiger charge is -2.25. The lowest BCUT2D eigenvalue weighted by atomic mass is 9.95. The van der Waals surface area contributed by atoms with Crippen molar-refractivity contribution in [3.8, 4) is 5.75 Å². The molecule has 0 radical (unpaired) electrons. The highest BCUT2D eigenvalue weighted by atomic mass is 79.9. The Balaban J connectivity index is 2.48. The Bertz CT molecular complexity index is 382. The first-order chi connectivity index (χ1) is 8.44. The van der Waals surface area contributed by atoms with Crippen molar-refractivity contribution in [1.29, 1.82) is 0 Å². The van der Waals surface area contributed by atoms with Crippen molar-refractivity contribution in [3.63, 3.8) is 0 Å². The Labute approximate surface area is 117 Å². The molecule has 0 amide bonds. The third-order valence-corrected chi connectivity index (χ3v) is 3.16. The second-order valence-electron chi connectivity index (χ2n) is 5.20. The summed E-state index contributed by atoms with van der Waals surface area (Å²) in [7, 11) is 0. The van der Waals surface area contributed by atoms with Crippen LogP contribution in [0.5, 0.6) is 5.75 Å². The summed E-state index contributed by atoms with van der Waals surface area (Å²) < 4.78 is 19.3. The maximum Gasteiger partial charge on any atom is 0.133 e. The topological polar surface area (TPSA) is 21.3 Å². The fourth-order valence-electron chi connectivity index (χ4n) is 1.52. The van der Waals surface area contributed by atoms with Gasteiger partial charge in [-0.2, -0.15) is 0 Å². The molecule has 0 spiro atoms. The van der Waals surface area contributed by atoms with Gasteiger partial charge >= 0.3 is 0 Å². The molecule has 0 saturated heterocycles. The third kappa shape index (κ3) is 5.36. The van der Waals surface area contributed by atoms with Gasteiger partial charge < -0.3 is 10.1 Å². The zero-order valence-electron chi connectivity index (χ0n) is 11.2. The van der Waals surface area contributed by atoms with Crippen LogP contribution < -0.4 is 10.1 Å². The maximum atomic E-state index is 12.9. The van der Waals surface area contributed by atoms with Crippen molar-refractivity contribution in [2.24, 2.45) is 5.41 Å². The second-order valence-corrected chi connectivity index (χ2v) is 6.06. The first-order valence-electron chi connectivity index (χ1n) is 6.23. The van der Waals surface area contributed by atoms with Gasteiger partial charge in [-0.05, 0) is 47.1 Å². The molecule has 0 aromatic heterocycles. The Morgan fingerprint density at radius 3 is 2.72 bits per heavy atom. The Morgan fingerprint density at radius 2 is 2.11 bits per heavy atom. The lowest BCUT2D eigenvalue weighted by molar-refractivity contribution is 0.175. The number of rotatable bonds is 7. The molecule has 0 fully saturated rings. The number of hydrogen-bond acceptors (Lipinski definition) is 2. The summed E-state index contributed by atoms with van der Waals surface area (Å²) in [6.45, 7) is 8.95. The summed E-state index contributed by atoms with van der Waals surface area (Å²) >= 11 is 3.30. The summed E-state index contributed by atoms with van der Waals surface area (Å²) in [5.74, 6) is 0.415. The fraction of sp³-hybridized carbons (Fsp3) is 0.571. The number of nitrogens with one attached hydrogen (secondary N) is 1. The number of hydrogen-bond donors (Lipinski definition) is 1. The van der Waals surface area contributed by atoms with Crippen molar-refractivity contribution in [3.05, 3.63) is 28.5 Å². The van der Waals surface area contributed by atoms with Gasteiger partial charge in [-0.3, -0.25) is 0 Å². The van der Waals surface area contributed by atoms with E-state index in [1.807, 2.05) is 0 Å². The molecule has 1 aromatic carbocycles. The summed E-state index contributed by atoms with van der Waals surface area (Å²) in [6, 6.07) is 4.47. The molecule has 1 N–H and O–H groups in total. The minimum Gasteiger partial charge on any atom is -0.492 e. The van der Waals surface area contributed by atoms with E-state index in [-0.39, 0.29) is 11.2 Å². The maximum absolute atomic E-state index is 12.9. The average molecular weight is 318 g/mol. The number of ether oxygens (including phenoxy) is 1. The van der Waals surface area contributed by atoms with Crippen LogP contribution in [0.15, 0.2) is 22.7 Å². The normalized spacial score (nSPS) is 11.6. The Morgan fingerprint density at radius 1 is 1.39 bits per heavy atom. The van der Waals surface area contributed by atoms with Crippen LogP contribution in [-0.2, 0) is 0 Å². The highest BCUT2D eigenvalue weighted by molar-refractivity contribution is 9.10. The van der Waals surface area contributed by atoms with E-state index in [4.69, 9.17) is 4.74 Å². The standard InChI is InChI=1S/C14H21BrFNO/c1-4-7-17-9-14(2,3)10-18-13-6-5-11(16)8-12(13)15/h5-6,8,17H,4,7,9-10H2,1-3H3. The predicted molar refractivity (Wildman–Crippen MR) is 76.5 cm³/mol. The van der Waals surface area contributed by atoms with Crippen LogP contribution in [-0.4, -0.2) is 19.7 Å². The fourth-order valence-corrected chi connectivity index (χ4v) is 1.99. The molecule has 0 unspecified atom stereocenters. The van der Waals surface area contributed by atoms with Gasteiger partial charge in [0, 0.05) is 12.0 Å². The van der Waals surface area contributed by atoms with Crippen LogP contribution in [0.3, 0.4) is 0 Å². The van der Waals surface area contributed by atoms with E-state index in [2.05, 4.69) is 42.0 Å². The van der Waals surface area contributed by atoms with Gasteiger partial charge in [-0.25, -0.2) is 4.39 Å². The molecule has 0 bridgehead atoms. The van der Waals surface area contributed by atoms with Gasteiger partial charge in [0.05, 0.1) is 11.1 Å². The van der Waals surface area contributed by atoms with Crippen LogP contribution in [0.2, 0.25) is 0 Å². The van der Waals surface area contributed by atoms with Crippen LogP contribution in [0.25, 0.3) is 0 Å². The lowest BCUT2D eigenvalue weighted by Crippen LogP contribution is -2.34. The second kappa shape index (κ2) is 7.10. The van der Waals surface area contributed by atoms with Gasteiger partial charge in [0.1, 0.15) is 11.6 Å². The highest BCUT2D eigenvalue weighted by Crippen LogP contribution is 2.27. The smallest absolute Gasteiger partial charge is 0.133 e. The van der Waals surface area contributed by atoms with Gasteiger partial charge in [0.25, 0.3) is 0 Å². The largest absolute Gasteiger partial charge is 0.492 e. The summed E-state index contributed by atoms with van der Waals surface area (Å²) in [4.78, 5) is 0. The van der Waals surface area contributed by atoms with Crippen molar-refractivity contribution >= 4 is 15.9 Å². The molecule has 0 aliphatic heterocycles. The molecule has 0 saturated carbocycles. The summed E-state index contributed by atoms with van der Waals surface area (Å²) in [5, 5.41) is 3.38. The number of halogens is 2. The highest BCUT2D eigenvalue weighted by Gasteiger charge is 2.19. The van der Waals surface area contributed by atoms with E-state index in [1.54, 1.807) is 6.07 Å². The Hall–Kier alpha value is -0.610. The predicted octanol–water partition coefficient (Wildman–Crippen LogP) is 3.99. The Kier molecular flexibility index (Phi) is 6.09. The first-order valence-corrected chi connectivity index (χ1v) is 7.02. The van der Waals surface area contributed by atoms with Crippen molar-refractivity contribution in [1.82, 2.24) is 5.32 Å². The molecular formula is C14H21BrFNO. The van der Waals surface area contributed by atoms with Crippen molar-refractivity contribution in [2.45, 2.75) is 27.2 Å². The van der Waals surface area contributed by atoms with Gasteiger partial charge in [0.15, 0.2) is 0 Å². The van der Waals surface area contributed by atoms with E-state index >= 15 is 0 Å².